The molecule has 1 saturated carbocycles. The van der Waals surface area contributed by atoms with Gasteiger partial charge in [0.15, 0.2) is 0 Å². The number of nitrogens with one attached hydrogen (secondary N) is 2. The van der Waals surface area contributed by atoms with Crippen LogP contribution >= 0.6 is 11.6 Å². The number of halogens is 1. The van der Waals surface area contributed by atoms with E-state index in [0.29, 0.717) is 28.1 Å². The highest BCUT2D eigenvalue weighted by Crippen LogP contribution is 2.28. The van der Waals surface area contributed by atoms with E-state index in [1.807, 2.05) is 6.07 Å². The number of aromatic nitrogens is 1. The average Bonchev–Trinajstić information content (AvgIpc) is 2.81. The van der Waals surface area contributed by atoms with E-state index >= 15 is 0 Å². The monoisotopic (exact) mass is 440 g/mol. The minimum absolute atomic E-state index is 0.00633. The topological polar surface area (TPSA) is 74.3 Å². The lowest BCUT2D eigenvalue weighted by atomic mass is 9.90. The smallest absolute Gasteiger partial charge is 0.258 e. The molecule has 2 aromatic rings. The van der Waals surface area contributed by atoms with Crippen molar-refractivity contribution in [3.8, 4) is 0 Å². The molecule has 0 radical (unpaired) electrons. The van der Waals surface area contributed by atoms with E-state index in [-0.39, 0.29) is 17.7 Å². The molecule has 2 amide bonds. The third kappa shape index (κ3) is 5.63. The molecular weight excluding hydrogens is 412 g/mol. The maximum absolute atomic E-state index is 12.9. The first-order valence-electron chi connectivity index (χ1n) is 11.2. The summed E-state index contributed by atoms with van der Waals surface area (Å²) in [7, 11) is 0. The Morgan fingerprint density at radius 3 is 2.39 bits per heavy atom. The molecule has 7 heteroatoms. The predicted molar refractivity (Wildman–Crippen MR) is 123 cm³/mol. The number of hydrogen-bond acceptors (Lipinski definition) is 4. The van der Waals surface area contributed by atoms with Gasteiger partial charge >= 0.3 is 0 Å². The van der Waals surface area contributed by atoms with Crippen molar-refractivity contribution < 1.29 is 9.59 Å². The largest absolute Gasteiger partial charge is 0.325 e. The maximum Gasteiger partial charge on any atom is 0.258 e. The van der Waals surface area contributed by atoms with Gasteiger partial charge in [-0.05, 0) is 63.0 Å². The SMILES string of the molecule is O=C(Nc1ccc(Cl)cn1)c1ccccc1NC(=O)C1CCN(C2CCCCC2)CC1. The van der Waals surface area contributed by atoms with Crippen molar-refractivity contribution in [1.82, 2.24) is 9.88 Å². The summed E-state index contributed by atoms with van der Waals surface area (Å²) in [5.41, 5.74) is 0.931. The Morgan fingerprint density at radius 2 is 1.68 bits per heavy atom. The second kappa shape index (κ2) is 10.2. The first kappa shape index (κ1) is 21.8. The van der Waals surface area contributed by atoms with Gasteiger partial charge in [0.1, 0.15) is 5.82 Å². The van der Waals surface area contributed by atoms with Gasteiger partial charge in [-0.2, -0.15) is 0 Å². The number of para-hydroxylation sites is 1. The number of benzene rings is 1. The van der Waals surface area contributed by atoms with Gasteiger partial charge in [-0.15, -0.1) is 0 Å². The molecule has 0 bridgehead atoms. The molecule has 1 aromatic carbocycles. The minimum atomic E-state index is -0.321. The number of likely N-dealkylation sites (tertiary alicyclic amines) is 1. The molecule has 4 rings (SSSR count). The van der Waals surface area contributed by atoms with Crippen molar-refractivity contribution in [1.29, 1.82) is 0 Å². The number of amides is 2. The highest BCUT2D eigenvalue weighted by atomic mass is 35.5. The van der Waals surface area contributed by atoms with Crippen LogP contribution in [0.15, 0.2) is 42.6 Å². The van der Waals surface area contributed by atoms with Crippen LogP contribution in [0.1, 0.15) is 55.3 Å². The number of anilines is 2. The van der Waals surface area contributed by atoms with Gasteiger partial charge in [-0.3, -0.25) is 9.59 Å². The summed E-state index contributed by atoms with van der Waals surface area (Å²) in [6.45, 7) is 1.96. The molecule has 1 aliphatic carbocycles. The van der Waals surface area contributed by atoms with E-state index in [0.717, 1.165) is 25.9 Å². The molecule has 0 unspecified atom stereocenters. The molecule has 0 spiro atoms. The second-order valence-corrected chi connectivity index (χ2v) is 8.89. The van der Waals surface area contributed by atoms with Gasteiger partial charge < -0.3 is 15.5 Å². The second-order valence-electron chi connectivity index (χ2n) is 8.45. The van der Waals surface area contributed by atoms with E-state index in [1.165, 1.54) is 38.3 Å². The quantitative estimate of drug-likeness (QED) is 0.688. The average molecular weight is 441 g/mol. The van der Waals surface area contributed by atoms with Gasteiger partial charge in [0.05, 0.1) is 16.3 Å². The molecular formula is C24H29ClN4O2. The Labute approximate surface area is 188 Å². The predicted octanol–water partition coefficient (Wildman–Crippen LogP) is 4.97. The first-order chi connectivity index (χ1) is 15.1. The number of rotatable bonds is 5. The molecule has 1 saturated heterocycles. The molecule has 6 nitrogen and oxygen atoms in total. The lowest BCUT2D eigenvalue weighted by molar-refractivity contribution is -0.121. The van der Waals surface area contributed by atoms with Crippen molar-refractivity contribution in [3.63, 3.8) is 0 Å². The first-order valence-corrected chi connectivity index (χ1v) is 11.5. The van der Waals surface area contributed by atoms with Gasteiger partial charge in [0, 0.05) is 18.2 Å². The summed E-state index contributed by atoms with van der Waals surface area (Å²) < 4.78 is 0. The van der Waals surface area contributed by atoms with Crippen molar-refractivity contribution in [2.45, 2.75) is 51.0 Å². The van der Waals surface area contributed by atoms with Crippen LogP contribution in [0.3, 0.4) is 0 Å². The van der Waals surface area contributed by atoms with Gasteiger partial charge in [0.25, 0.3) is 5.91 Å². The van der Waals surface area contributed by atoms with Crippen LogP contribution in [0.4, 0.5) is 11.5 Å². The summed E-state index contributed by atoms with van der Waals surface area (Å²) in [5, 5.41) is 6.24. The zero-order valence-corrected chi connectivity index (χ0v) is 18.4. The van der Waals surface area contributed by atoms with Crippen LogP contribution in [0.5, 0.6) is 0 Å². The number of carbonyl (C=O) groups is 2. The van der Waals surface area contributed by atoms with Crippen molar-refractivity contribution in [2.24, 2.45) is 5.92 Å². The van der Waals surface area contributed by atoms with Crippen LogP contribution in [0, 0.1) is 5.92 Å². The molecule has 2 N–H and O–H groups in total. The Bertz CT molecular complexity index is 904. The van der Waals surface area contributed by atoms with Crippen LogP contribution < -0.4 is 10.6 Å². The van der Waals surface area contributed by atoms with Crippen molar-refractivity contribution in [2.75, 3.05) is 23.7 Å². The standard InChI is InChI=1S/C24H29ClN4O2/c25-18-10-11-22(26-16-18)28-24(31)20-8-4-5-9-21(20)27-23(30)17-12-14-29(15-13-17)19-6-2-1-3-7-19/h4-5,8-11,16-17,19H,1-3,6-7,12-15H2,(H,27,30)(H,26,28,31). The highest BCUT2D eigenvalue weighted by molar-refractivity contribution is 6.30. The Kier molecular flexibility index (Phi) is 7.20. The van der Waals surface area contributed by atoms with Gasteiger partial charge in [-0.1, -0.05) is 43.0 Å². The summed E-state index contributed by atoms with van der Waals surface area (Å²) >= 11 is 5.85. The zero-order chi connectivity index (χ0) is 21.6. The fourth-order valence-electron chi connectivity index (χ4n) is 4.63. The Hall–Kier alpha value is -2.44. The molecule has 0 atom stereocenters. The molecule has 1 aromatic heterocycles. The fraction of sp³-hybridized carbons (Fsp3) is 0.458. The molecule has 1 aliphatic heterocycles. The minimum Gasteiger partial charge on any atom is -0.325 e. The number of piperidine rings is 1. The van der Waals surface area contributed by atoms with Gasteiger partial charge in [-0.25, -0.2) is 4.98 Å². The number of pyridine rings is 1. The molecule has 2 fully saturated rings. The Morgan fingerprint density at radius 1 is 0.935 bits per heavy atom. The molecule has 164 valence electrons. The van der Waals surface area contributed by atoms with E-state index in [1.54, 1.807) is 30.3 Å². The number of nitrogens with zero attached hydrogens (tertiary/aromatic N) is 2. The lowest BCUT2D eigenvalue weighted by Crippen LogP contribution is -2.44. The normalized spacial score (nSPS) is 18.5. The Balaban J connectivity index is 1.35. The zero-order valence-electron chi connectivity index (χ0n) is 17.6. The summed E-state index contributed by atoms with van der Waals surface area (Å²) in [4.78, 5) is 32.4. The summed E-state index contributed by atoms with van der Waals surface area (Å²) in [5.74, 6) is 0.0607. The molecule has 31 heavy (non-hydrogen) atoms. The van der Waals surface area contributed by atoms with Crippen LogP contribution in [-0.2, 0) is 4.79 Å². The van der Waals surface area contributed by atoms with Crippen LogP contribution in [0.25, 0.3) is 0 Å². The highest BCUT2D eigenvalue weighted by Gasteiger charge is 2.29. The molecule has 2 aliphatic rings. The van der Waals surface area contributed by atoms with Crippen LogP contribution in [0.2, 0.25) is 5.02 Å². The van der Waals surface area contributed by atoms with Gasteiger partial charge in [0.2, 0.25) is 5.91 Å². The third-order valence-corrected chi connectivity index (χ3v) is 6.61. The fourth-order valence-corrected chi connectivity index (χ4v) is 4.74. The van der Waals surface area contributed by atoms with E-state index in [2.05, 4.69) is 20.5 Å². The van der Waals surface area contributed by atoms with Crippen molar-refractivity contribution >= 4 is 34.9 Å². The van der Waals surface area contributed by atoms with E-state index in [4.69, 9.17) is 11.6 Å². The molecule has 2 heterocycles. The third-order valence-electron chi connectivity index (χ3n) is 6.39. The van der Waals surface area contributed by atoms with E-state index < -0.39 is 0 Å². The number of hydrogen-bond donors (Lipinski definition) is 2. The lowest BCUT2D eigenvalue weighted by Gasteiger charge is -2.39. The van der Waals surface area contributed by atoms with Crippen molar-refractivity contribution in [3.05, 3.63) is 53.2 Å². The van der Waals surface area contributed by atoms with Crippen LogP contribution in [-0.4, -0.2) is 40.8 Å². The summed E-state index contributed by atoms with van der Waals surface area (Å²) in [6, 6.07) is 11.1. The summed E-state index contributed by atoms with van der Waals surface area (Å²) in [6.07, 6.45) is 9.81. The van der Waals surface area contributed by atoms with E-state index in [9.17, 15) is 9.59 Å². The maximum atomic E-state index is 12.9. The number of carbonyl (C=O) groups excluding carboxylic acids is 2.